The Labute approximate surface area is 247 Å². The number of sulfonamides is 1. The van der Waals surface area contributed by atoms with Gasteiger partial charge in [0.2, 0.25) is 11.8 Å². The third-order valence-electron chi connectivity index (χ3n) is 6.45. The summed E-state index contributed by atoms with van der Waals surface area (Å²) in [7, 11) is -2.75. The predicted octanol–water partition coefficient (Wildman–Crippen LogP) is 4.76. The van der Waals surface area contributed by atoms with Crippen molar-refractivity contribution in [2.75, 3.05) is 24.6 Å². The predicted molar refractivity (Wildman–Crippen MR) is 159 cm³/mol. The molecule has 226 valence electrons. The average molecular weight is 600 g/mol. The van der Waals surface area contributed by atoms with Crippen LogP contribution in [0.5, 0.6) is 11.5 Å². The van der Waals surface area contributed by atoms with E-state index in [9.17, 15) is 22.4 Å². The molecular formula is C31H38FN3O6S. The van der Waals surface area contributed by atoms with Crippen molar-refractivity contribution in [3.8, 4) is 11.5 Å². The molecule has 9 nitrogen and oxygen atoms in total. The first-order valence-electron chi connectivity index (χ1n) is 13.7. The number of nitrogens with zero attached hydrogens (tertiary/aromatic N) is 2. The minimum absolute atomic E-state index is 0.0488. The maximum atomic E-state index is 14.1. The van der Waals surface area contributed by atoms with Gasteiger partial charge in [-0.15, -0.1) is 0 Å². The SMILES string of the molecule is CCOc1ccc(S(=O)(=O)N(CC(=O)N(Cc2ccc(OC)cc2)C(CC)C(=O)NC(C)C)c2ccc(F)cc2)cc1. The second-order valence-corrected chi connectivity index (χ2v) is 11.7. The Morgan fingerprint density at radius 2 is 1.50 bits per heavy atom. The molecule has 0 aliphatic rings. The number of carbonyl (C=O) groups excluding carboxylic acids is 2. The fraction of sp³-hybridized carbons (Fsp3) is 0.355. The summed E-state index contributed by atoms with van der Waals surface area (Å²) in [4.78, 5) is 28.6. The van der Waals surface area contributed by atoms with Crippen LogP contribution >= 0.6 is 0 Å². The zero-order valence-electron chi connectivity index (χ0n) is 24.5. The van der Waals surface area contributed by atoms with Crippen LogP contribution in [0.4, 0.5) is 10.1 Å². The van der Waals surface area contributed by atoms with Crippen LogP contribution in [0.2, 0.25) is 0 Å². The summed E-state index contributed by atoms with van der Waals surface area (Å²) in [5.74, 6) is -0.382. The van der Waals surface area contributed by atoms with Crippen molar-refractivity contribution in [2.24, 2.45) is 0 Å². The summed E-state index contributed by atoms with van der Waals surface area (Å²) in [5.41, 5.74) is 0.824. The van der Waals surface area contributed by atoms with Crippen molar-refractivity contribution >= 4 is 27.5 Å². The van der Waals surface area contributed by atoms with E-state index in [4.69, 9.17) is 9.47 Å². The van der Waals surface area contributed by atoms with Gasteiger partial charge < -0.3 is 19.7 Å². The number of methoxy groups -OCH3 is 1. The first-order valence-corrected chi connectivity index (χ1v) is 15.2. The van der Waals surface area contributed by atoms with Crippen molar-refractivity contribution < 1.29 is 31.9 Å². The lowest BCUT2D eigenvalue weighted by Gasteiger charge is -2.33. The zero-order chi connectivity index (χ0) is 30.9. The van der Waals surface area contributed by atoms with E-state index < -0.39 is 34.3 Å². The molecule has 0 radical (unpaired) electrons. The molecule has 0 spiro atoms. The molecule has 1 unspecified atom stereocenters. The molecule has 0 aliphatic heterocycles. The molecule has 42 heavy (non-hydrogen) atoms. The number of amides is 2. The maximum absolute atomic E-state index is 14.1. The van der Waals surface area contributed by atoms with Gasteiger partial charge in [-0.05, 0) is 93.4 Å². The number of hydrogen-bond acceptors (Lipinski definition) is 6. The second-order valence-electron chi connectivity index (χ2n) is 9.85. The molecule has 1 N–H and O–H groups in total. The first kappa shape index (κ1) is 32.4. The van der Waals surface area contributed by atoms with Crippen molar-refractivity contribution in [1.29, 1.82) is 0 Å². The van der Waals surface area contributed by atoms with Gasteiger partial charge in [-0.2, -0.15) is 0 Å². The van der Waals surface area contributed by atoms with Gasteiger partial charge in [0.25, 0.3) is 10.0 Å². The van der Waals surface area contributed by atoms with E-state index >= 15 is 0 Å². The van der Waals surface area contributed by atoms with Gasteiger partial charge in [0, 0.05) is 12.6 Å². The number of ether oxygens (including phenoxy) is 2. The number of halogens is 1. The highest BCUT2D eigenvalue weighted by molar-refractivity contribution is 7.92. The Hall–Kier alpha value is -4.12. The fourth-order valence-corrected chi connectivity index (χ4v) is 5.78. The number of benzene rings is 3. The number of anilines is 1. The third-order valence-corrected chi connectivity index (χ3v) is 8.23. The van der Waals surface area contributed by atoms with Gasteiger partial charge in [-0.3, -0.25) is 13.9 Å². The normalized spacial score (nSPS) is 12.0. The molecule has 11 heteroatoms. The van der Waals surface area contributed by atoms with E-state index in [1.54, 1.807) is 38.3 Å². The molecule has 3 aromatic rings. The molecule has 0 bridgehead atoms. The third kappa shape index (κ3) is 8.22. The van der Waals surface area contributed by atoms with Crippen LogP contribution in [0.15, 0.2) is 77.7 Å². The largest absolute Gasteiger partial charge is 0.497 e. The second kappa shape index (κ2) is 14.7. The summed E-state index contributed by atoms with van der Waals surface area (Å²) in [5, 5.41) is 2.86. The Bertz CT molecular complexity index is 1430. The topological polar surface area (TPSA) is 105 Å². The summed E-state index contributed by atoms with van der Waals surface area (Å²) < 4.78 is 53.2. The first-order chi connectivity index (χ1) is 20.0. The van der Waals surface area contributed by atoms with Crippen molar-refractivity contribution in [3.63, 3.8) is 0 Å². The molecule has 0 saturated heterocycles. The molecule has 0 fully saturated rings. The molecule has 0 heterocycles. The highest BCUT2D eigenvalue weighted by atomic mass is 32.2. The summed E-state index contributed by atoms with van der Waals surface area (Å²) in [6.45, 7) is 7.08. The van der Waals surface area contributed by atoms with Crippen LogP contribution in [0.25, 0.3) is 0 Å². The lowest BCUT2D eigenvalue weighted by molar-refractivity contribution is -0.140. The molecule has 0 aromatic heterocycles. The Morgan fingerprint density at radius 1 is 0.905 bits per heavy atom. The van der Waals surface area contributed by atoms with Gasteiger partial charge in [0.05, 0.1) is 24.3 Å². The Kier molecular flexibility index (Phi) is 11.3. The highest BCUT2D eigenvalue weighted by Crippen LogP contribution is 2.27. The Balaban J connectivity index is 2.04. The van der Waals surface area contributed by atoms with Gasteiger partial charge in [-0.25, -0.2) is 12.8 Å². The number of hydrogen-bond donors (Lipinski definition) is 1. The average Bonchev–Trinajstić information content (AvgIpc) is 2.96. The van der Waals surface area contributed by atoms with Crippen LogP contribution in [0.1, 0.15) is 39.7 Å². The lowest BCUT2D eigenvalue weighted by Crippen LogP contribution is -2.53. The highest BCUT2D eigenvalue weighted by Gasteiger charge is 2.34. The zero-order valence-corrected chi connectivity index (χ0v) is 25.4. The molecule has 3 aromatic carbocycles. The van der Waals surface area contributed by atoms with E-state index in [-0.39, 0.29) is 29.1 Å². The number of carbonyl (C=O) groups is 2. The Morgan fingerprint density at radius 3 is 2.02 bits per heavy atom. The van der Waals surface area contributed by atoms with Crippen LogP contribution in [0.3, 0.4) is 0 Å². The van der Waals surface area contributed by atoms with Crippen LogP contribution in [-0.4, -0.2) is 57.5 Å². The van der Waals surface area contributed by atoms with Crippen LogP contribution in [0, 0.1) is 5.82 Å². The molecule has 1 atom stereocenters. The van der Waals surface area contributed by atoms with Gasteiger partial charge in [-0.1, -0.05) is 19.1 Å². The van der Waals surface area contributed by atoms with E-state index in [0.717, 1.165) is 22.0 Å². The number of nitrogens with one attached hydrogen (secondary N) is 1. The molecular weight excluding hydrogens is 561 g/mol. The molecule has 3 rings (SSSR count). The quantitative estimate of drug-likeness (QED) is 0.287. The molecule has 0 saturated carbocycles. The van der Waals surface area contributed by atoms with Crippen molar-refractivity contribution in [3.05, 3.63) is 84.2 Å². The van der Waals surface area contributed by atoms with E-state index in [0.29, 0.717) is 24.5 Å². The monoisotopic (exact) mass is 599 g/mol. The number of rotatable bonds is 14. The van der Waals surface area contributed by atoms with E-state index in [2.05, 4.69) is 5.32 Å². The molecule has 2 amide bonds. The smallest absolute Gasteiger partial charge is 0.264 e. The van der Waals surface area contributed by atoms with Crippen molar-refractivity contribution in [2.45, 2.75) is 57.6 Å². The van der Waals surface area contributed by atoms with Crippen LogP contribution < -0.4 is 19.1 Å². The minimum Gasteiger partial charge on any atom is -0.497 e. The van der Waals surface area contributed by atoms with Gasteiger partial charge in [0.1, 0.15) is 29.9 Å². The maximum Gasteiger partial charge on any atom is 0.264 e. The van der Waals surface area contributed by atoms with Crippen LogP contribution in [-0.2, 0) is 26.2 Å². The molecule has 0 aliphatic carbocycles. The van der Waals surface area contributed by atoms with Gasteiger partial charge in [0.15, 0.2) is 0 Å². The van der Waals surface area contributed by atoms with Crippen molar-refractivity contribution in [1.82, 2.24) is 10.2 Å². The fourth-order valence-electron chi connectivity index (χ4n) is 4.37. The summed E-state index contributed by atoms with van der Waals surface area (Å²) >= 11 is 0. The lowest BCUT2D eigenvalue weighted by atomic mass is 10.1. The summed E-state index contributed by atoms with van der Waals surface area (Å²) in [6.07, 6.45) is 0.294. The van der Waals surface area contributed by atoms with Gasteiger partial charge >= 0.3 is 0 Å². The van der Waals surface area contributed by atoms with E-state index in [1.807, 2.05) is 20.8 Å². The summed E-state index contributed by atoms with van der Waals surface area (Å²) in [6, 6.07) is 16.7. The minimum atomic E-state index is -4.29. The standard InChI is InChI=1S/C31H38FN3O6S/c1-6-29(31(37)33-22(3)4)34(20-23-8-14-26(40-5)15-9-23)30(36)21-35(25-12-10-24(32)11-13-25)42(38,39)28-18-16-27(17-19-28)41-7-2/h8-19,22,29H,6-7,20-21H2,1-5H3,(H,33,37). The van der Waals surface area contributed by atoms with E-state index in [1.165, 1.54) is 41.3 Å².